The quantitative estimate of drug-likeness (QED) is 0.764. The third-order valence-corrected chi connectivity index (χ3v) is 4.44. The number of carbonyl (C=O) groups is 1. The number of unbranched alkanes of at least 4 members (excludes halogenated alkanes) is 2. The lowest BCUT2D eigenvalue weighted by Crippen LogP contribution is -2.29. The number of carbonyl (C=O) groups excluding carboxylic acids is 1. The first-order chi connectivity index (χ1) is 11.8. The molecule has 2 aromatic rings. The molecule has 1 aromatic heterocycles. The molecule has 0 bridgehead atoms. The normalized spacial score (nSPS) is 16.4. The average Bonchev–Trinajstić information content (AvgIpc) is 2.63. The van der Waals surface area contributed by atoms with Crippen LogP contribution >= 0.6 is 0 Å². The maximum atomic E-state index is 12.7. The summed E-state index contributed by atoms with van der Waals surface area (Å²) in [5.41, 5.74) is 2.54. The number of ether oxygens (including phenoxy) is 1. The van der Waals surface area contributed by atoms with Crippen molar-refractivity contribution in [1.29, 1.82) is 0 Å². The number of hydrogen-bond donors (Lipinski definition) is 1. The van der Waals surface area contributed by atoms with Gasteiger partial charge in [-0.2, -0.15) is 0 Å². The highest BCUT2D eigenvalue weighted by Crippen LogP contribution is 2.30. The Balaban J connectivity index is 1.67. The summed E-state index contributed by atoms with van der Waals surface area (Å²) >= 11 is 0. The maximum Gasteiger partial charge on any atom is 0.169 e. The monoisotopic (exact) mass is 324 g/mol. The van der Waals surface area contributed by atoms with E-state index in [0.717, 1.165) is 36.3 Å². The van der Waals surface area contributed by atoms with Crippen molar-refractivity contribution in [3.8, 4) is 5.75 Å². The smallest absolute Gasteiger partial charge is 0.169 e. The van der Waals surface area contributed by atoms with Gasteiger partial charge in [-0.05, 0) is 36.8 Å². The topological polar surface area (TPSA) is 51.2 Å². The molecule has 126 valence electrons. The number of hydrogen-bond acceptors (Lipinski definition) is 4. The molecule has 0 radical (unpaired) electrons. The summed E-state index contributed by atoms with van der Waals surface area (Å²) in [6.07, 6.45) is 6.18. The Morgan fingerprint density at radius 1 is 1.25 bits per heavy atom. The van der Waals surface area contributed by atoms with Crippen LogP contribution in [0.3, 0.4) is 0 Å². The van der Waals surface area contributed by atoms with Crippen molar-refractivity contribution >= 4 is 11.5 Å². The fourth-order valence-corrected chi connectivity index (χ4v) is 3.03. The number of fused-ring (bicyclic) bond motifs is 1. The Kier molecular flexibility index (Phi) is 5.47. The fraction of sp³-hybridized carbons (Fsp3) is 0.400. The van der Waals surface area contributed by atoms with Gasteiger partial charge in [0.1, 0.15) is 12.4 Å². The van der Waals surface area contributed by atoms with Crippen LogP contribution < -0.4 is 10.1 Å². The van der Waals surface area contributed by atoms with Crippen LogP contribution in [0, 0.1) is 5.92 Å². The molecular formula is C20H24N2O2. The molecule has 1 aliphatic heterocycles. The van der Waals surface area contributed by atoms with Gasteiger partial charge in [0.25, 0.3) is 0 Å². The van der Waals surface area contributed by atoms with E-state index in [-0.39, 0.29) is 11.7 Å². The SMILES string of the molecule is CCCCCC1CNc2ccc(OCc3ccccn3)cc2C1=O. The first kappa shape index (κ1) is 16.5. The van der Waals surface area contributed by atoms with Gasteiger partial charge >= 0.3 is 0 Å². The molecule has 1 unspecified atom stereocenters. The first-order valence-corrected chi connectivity index (χ1v) is 8.72. The van der Waals surface area contributed by atoms with Gasteiger partial charge in [0.05, 0.1) is 5.69 Å². The molecule has 0 fully saturated rings. The highest BCUT2D eigenvalue weighted by molar-refractivity contribution is 6.04. The largest absolute Gasteiger partial charge is 0.487 e. The Labute approximate surface area is 143 Å². The molecule has 0 aliphatic carbocycles. The average molecular weight is 324 g/mol. The minimum Gasteiger partial charge on any atom is -0.487 e. The first-order valence-electron chi connectivity index (χ1n) is 8.72. The van der Waals surface area contributed by atoms with Crippen LogP contribution in [-0.4, -0.2) is 17.3 Å². The summed E-state index contributed by atoms with van der Waals surface area (Å²) in [5, 5.41) is 3.38. The number of rotatable bonds is 7. The minimum atomic E-state index is 0.0788. The van der Waals surface area contributed by atoms with Crippen LogP contribution in [0.1, 0.15) is 48.7 Å². The van der Waals surface area contributed by atoms with Crippen LogP contribution in [0.25, 0.3) is 0 Å². The van der Waals surface area contributed by atoms with E-state index in [1.807, 2.05) is 36.4 Å². The molecule has 1 N–H and O–H groups in total. The van der Waals surface area contributed by atoms with Crippen LogP contribution in [0.5, 0.6) is 5.75 Å². The predicted octanol–water partition coefficient (Wildman–Crippen LogP) is 4.47. The molecular weight excluding hydrogens is 300 g/mol. The molecule has 1 aromatic carbocycles. The molecule has 3 rings (SSSR count). The van der Waals surface area contributed by atoms with Crippen molar-refractivity contribution in [2.45, 2.75) is 39.2 Å². The summed E-state index contributed by atoms with van der Waals surface area (Å²) in [7, 11) is 0. The third kappa shape index (κ3) is 3.94. The Bertz CT molecular complexity index is 685. The summed E-state index contributed by atoms with van der Waals surface area (Å²) in [6.45, 7) is 3.33. The second-order valence-corrected chi connectivity index (χ2v) is 6.25. The molecule has 2 heterocycles. The highest BCUT2D eigenvalue weighted by atomic mass is 16.5. The second-order valence-electron chi connectivity index (χ2n) is 6.25. The van der Waals surface area contributed by atoms with Gasteiger partial charge in [0, 0.05) is 29.9 Å². The van der Waals surface area contributed by atoms with E-state index in [4.69, 9.17) is 4.74 Å². The van der Waals surface area contributed by atoms with Crippen LogP contribution in [-0.2, 0) is 6.61 Å². The lowest BCUT2D eigenvalue weighted by molar-refractivity contribution is 0.0913. The molecule has 4 nitrogen and oxygen atoms in total. The van der Waals surface area contributed by atoms with Crippen molar-refractivity contribution < 1.29 is 9.53 Å². The zero-order chi connectivity index (χ0) is 16.8. The van der Waals surface area contributed by atoms with E-state index in [1.54, 1.807) is 6.20 Å². The van der Waals surface area contributed by atoms with Crippen molar-refractivity contribution in [2.24, 2.45) is 5.92 Å². The molecule has 24 heavy (non-hydrogen) atoms. The van der Waals surface area contributed by atoms with E-state index < -0.39 is 0 Å². The summed E-state index contributed by atoms with van der Waals surface area (Å²) in [4.78, 5) is 17.0. The lowest BCUT2D eigenvalue weighted by atomic mass is 9.88. The number of anilines is 1. The molecule has 0 saturated carbocycles. The summed E-state index contributed by atoms with van der Waals surface area (Å²) < 4.78 is 5.80. The zero-order valence-electron chi connectivity index (χ0n) is 14.1. The van der Waals surface area contributed by atoms with E-state index >= 15 is 0 Å². The Morgan fingerprint density at radius 3 is 2.96 bits per heavy atom. The van der Waals surface area contributed by atoms with Crippen LogP contribution in [0.2, 0.25) is 0 Å². The third-order valence-electron chi connectivity index (χ3n) is 4.44. The van der Waals surface area contributed by atoms with Gasteiger partial charge < -0.3 is 10.1 Å². The van der Waals surface area contributed by atoms with Crippen LogP contribution in [0.15, 0.2) is 42.6 Å². The van der Waals surface area contributed by atoms with Crippen LogP contribution in [0.4, 0.5) is 5.69 Å². The van der Waals surface area contributed by atoms with Gasteiger partial charge in [-0.15, -0.1) is 0 Å². The Morgan fingerprint density at radius 2 is 2.17 bits per heavy atom. The van der Waals surface area contributed by atoms with Gasteiger partial charge in [-0.3, -0.25) is 9.78 Å². The summed E-state index contributed by atoms with van der Waals surface area (Å²) in [5.74, 6) is 1.03. The number of Topliss-reactive ketones (excluding diaryl/α,β-unsaturated/α-hetero) is 1. The molecule has 0 saturated heterocycles. The standard InChI is InChI=1S/C20H24N2O2/c1-2-3-4-7-15-13-22-19-10-9-17(12-18(19)20(15)23)24-14-16-8-5-6-11-21-16/h5-6,8-12,15,22H,2-4,7,13-14H2,1H3. The van der Waals surface area contributed by atoms with E-state index in [9.17, 15) is 4.79 Å². The number of ketones is 1. The van der Waals surface area contributed by atoms with E-state index in [0.29, 0.717) is 12.4 Å². The Hall–Kier alpha value is -2.36. The van der Waals surface area contributed by atoms with Crippen molar-refractivity contribution in [2.75, 3.05) is 11.9 Å². The van der Waals surface area contributed by atoms with E-state index in [1.165, 1.54) is 12.8 Å². The fourth-order valence-electron chi connectivity index (χ4n) is 3.03. The van der Waals surface area contributed by atoms with Gasteiger partial charge in [0.2, 0.25) is 0 Å². The number of pyridine rings is 1. The number of aromatic nitrogens is 1. The van der Waals surface area contributed by atoms with Crippen molar-refractivity contribution in [1.82, 2.24) is 4.98 Å². The van der Waals surface area contributed by atoms with Crippen molar-refractivity contribution in [3.63, 3.8) is 0 Å². The summed E-state index contributed by atoms with van der Waals surface area (Å²) in [6, 6.07) is 11.4. The van der Waals surface area contributed by atoms with Gasteiger partial charge in [-0.1, -0.05) is 32.3 Å². The second kappa shape index (κ2) is 7.95. The molecule has 0 amide bonds. The number of nitrogens with one attached hydrogen (secondary N) is 1. The predicted molar refractivity (Wildman–Crippen MR) is 95.5 cm³/mol. The molecule has 4 heteroatoms. The van der Waals surface area contributed by atoms with Gasteiger partial charge in [0.15, 0.2) is 5.78 Å². The molecule has 1 atom stereocenters. The van der Waals surface area contributed by atoms with Crippen molar-refractivity contribution in [3.05, 3.63) is 53.9 Å². The molecule has 1 aliphatic rings. The minimum absolute atomic E-state index is 0.0788. The molecule has 0 spiro atoms. The number of benzene rings is 1. The number of nitrogens with zero attached hydrogens (tertiary/aromatic N) is 1. The van der Waals surface area contributed by atoms with Gasteiger partial charge in [-0.25, -0.2) is 0 Å². The van der Waals surface area contributed by atoms with E-state index in [2.05, 4.69) is 17.2 Å². The zero-order valence-corrected chi connectivity index (χ0v) is 14.1. The highest BCUT2D eigenvalue weighted by Gasteiger charge is 2.27. The maximum absolute atomic E-state index is 12.7. The lowest BCUT2D eigenvalue weighted by Gasteiger charge is -2.25.